The van der Waals surface area contributed by atoms with Crippen LogP contribution in [0.4, 0.5) is 0 Å². The van der Waals surface area contributed by atoms with Crippen LogP contribution in [-0.2, 0) is 4.79 Å². The molecule has 0 aliphatic carbocycles. The number of aryl methyl sites for hydroxylation is 1. The molecular formula is C16H24N2O. The van der Waals surface area contributed by atoms with Crippen LogP contribution < -0.4 is 10.6 Å². The highest BCUT2D eigenvalue weighted by atomic mass is 16.1. The molecule has 1 aliphatic heterocycles. The second-order valence-corrected chi connectivity index (χ2v) is 5.62. The number of piperidine rings is 1. The summed E-state index contributed by atoms with van der Waals surface area (Å²) >= 11 is 0. The van der Waals surface area contributed by atoms with E-state index >= 15 is 0 Å². The summed E-state index contributed by atoms with van der Waals surface area (Å²) in [6, 6.07) is 8.43. The van der Waals surface area contributed by atoms with Gasteiger partial charge in [0.2, 0.25) is 5.91 Å². The van der Waals surface area contributed by atoms with Gasteiger partial charge in [-0.25, -0.2) is 0 Å². The number of amides is 1. The monoisotopic (exact) mass is 260 g/mol. The van der Waals surface area contributed by atoms with Crippen LogP contribution in [-0.4, -0.2) is 19.0 Å². The maximum atomic E-state index is 12.0. The third kappa shape index (κ3) is 4.35. The van der Waals surface area contributed by atoms with Gasteiger partial charge in [-0.15, -0.1) is 0 Å². The van der Waals surface area contributed by atoms with Crippen molar-refractivity contribution in [2.24, 2.45) is 5.92 Å². The summed E-state index contributed by atoms with van der Waals surface area (Å²) in [5.41, 5.74) is 2.41. The molecule has 0 spiro atoms. The van der Waals surface area contributed by atoms with Gasteiger partial charge in [-0.05, 0) is 51.3 Å². The second kappa shape index (κ2) is 6.71. The van der Waals surface area contributed by atoms with Gasteiger partial charge in [0.05, 0.1) is 6.04 Å². The number of carbonyl (C=O) groups excluding carboxylic acids is 1. The van der Waals surface area contributed by atoms with E-state index in [0.29, 0.717) is 12.3 Å². The Labute approximate surface area is 115 Å². The Morgan fingerprint density at radius 3 is 2.79 bits per heavy atom. The molecule has 3 heteroatoms. The van der Waals surface area contributed by atoms with Gasteiger partial charge in [-0.1, -0.05) is 29.8 Å². The van der Waals surface area contributed by atoms with E-state index in [9.17, 15) is 4.79 Å². The zero-order valence-electron chi connectivity index (χ0n) is 11.9. The molecule has 1 aromatic carbocycles. The highest BCUT2D eigenvalue weighted by Crippen LogP contribution is 2.16. The molecule has 2 N–H and O–H groups in total. The molecule has 0 aromatic heterocycles. The molecule has 1 fully saturated rings. The van der Waals surface area contributed by atoms with Gasteiger partial charge in [0, 0.05) is 6.42 Å². The molecule has 1 heterocycles. The molecule has 3 nitrogen and oxygen atoms in total. The van der Waals surface area contributed by atoms with Crippen molar-refractivity contribution in [1.29, 1.82) is 0 Å². The lowest BCUT2D eigenvalue weighted by Crippen LogP contribution is -2.35. The number of rotatable bonds is 4. The Balaban J connectivity index is 1.82. The lowest BCUT2D eigenvalue weighted by Gasteiger charge is -2.23. The largest absolute Gasteiger partial charge is 0.350 e. The fourth-order valence-corrected chi connectivity index (χ4v) is 2.60. The maximum Gasteiger partial charge on any atom is 0.220 e. The molecule has 0 saturated carbocycles. The Kier molecular flexibility index (Phi) is 4.97. The normalized spacial score (nSPS) is 20.8. The van der Waals surface area contributed by atoms with Crippen LogP contribution in [0.2, 0.25) is 0 Å². The first-order valence-electron chi connectivity index (χ1n) is 7.22. The van der Waals surface area contributed by atoms with Crippen molar-refractivity contribution in [3.63, 3.8) is 0 Å². The van der Waals surface area contributed by atoms with E-state index in [1.54, 1.807) is 0 Å². The molecule has 1 aromatic rings. The molecule has 19 heavy (non-hydrogen) atoms. The third-order valence-electron chi connectivity index (χ3n) is 3.83. The first kappa shape index (κ1) is 14.1. The van der Waals surface area contributed by atoms with Gasteiger partial charge in [0.25, 0.3) is 0 Å². The molecule has 0 bridgehead atoms. The lowest BCUT2D eigenvalue weighted by molar-refractivity contribution is -0.122. The highest BCUT2D eigenvalue weighted by Gasteiger charge is 2.18. The lowest BCUT2D eigenvalue weighted by atomic mass is 9.95. The zero-order chi connectivity index (χ0) is 13.7. The van der Waals surface area contributed by atoms with E-state index in [-0.39, 0.29) is 11.9 Å². The van der Waals surface area contributed by atoms with E-state index in [4.69, 9.17) is 0 Å². The number of carbonyl (C=O) groups is 1. The van der Waals surface area contributed by atoms with Gasteiger partial charge in [-0.3, -0.25) is 4.79 Å². The van der Waals surface area contributed by atoms with E-state index in [1.165, 1.54) is 24.0 Å². The Bertz CT molecular complexity index is 407. The van der Waals surface area contributed by atoms with E-state index < -0.39 is 0 Å². The highest BCUT2D eigenvalue weighted by molar-refractivity contribution is 5.76. The van der Waals surface area contributed by atoms with Crippen LogP contribution in [0.1, 0.15) is 43.4 Å². The van der Waals surface area contributed by atoms with Crippen LogP contribution in [0.3, 0.4) is 0 Å². The van der Waals surface area contributed by atoms with Gasteiger partial charge in [0.15, 0.2) is 0 Å². The van der Waals surface area contributed by atoms with Crippen LogP contribution in [0.25, 0.3) is 0 Å². The summed E-state index contributed by atoms with van der Waals surface area (Å²) in [5.74, 6) is 0.667. The fraction of sp³-hybridized carbons (Fsp3) is 0.562. The second-order valence-electron chi connectivity index (χ2n) is 5.62. The number of hydrogen-bond donors (Lipinski definition) is 2. The fourth-order valence-electron chi connectivity index (χ4n) is 2.60. The molecule has 104 valence electrons. The van der Waals surface area contributed by atoms with Crippen molar-refractivity contribution in [3.8, 4) is 0 Å². The van der Waals surface area contributed by atoms with Crippen molar-refractivity contribution in [1.82, 2.24) is 10.6 Å². The van der Waals surface area contributed by atoms with Crippen molar-refractivity contribution in [2.45, 2.75) is 39.2 Å². The summed E-state index contributed by atoms with van der Waals surface area (Å²) in [6.07, 6.45) is 2.99. The molecule has 1 saturated heterocycles. The van der Waals surface area contributed by atoms with E-state index in [0.717, 1.165) is 13.1 Å². The average Bonchev–Trinajstić information content (AvgIpc) is 2.40. The van der Waals surface area contributed by atoms with Crippen molar-refractivity contribution in [3.05, 3.63) is 35.4 Å². The topological polar surface area (TPSA) is 41.1 Å². The molecule has 2 rings (SSSR count). The number of nitrogens with one attached hydrogen (secondary N) is 2. The van der Waals surface area contributed by atoms with E-state index in [1.807, 2.05) is 6.92 Å². The third-order valence-corrected chi connectivity index (χ3v) is 3.83. The summed E-state index contributed by atoms with van der Waals surface area (Å²) in [5, 5.41) is 6.45. The molecule has 2 atom stereocenters. The maximum absolute atomic E-state index is 12.0. The first-order valence-corrected chi connectivity index (χ1v) is 7.22. The van der Waals surface area contributed by atoms with Crippen LogP contribution in [0.15, 0.2) is 24.3 Å². The number of hydrogen-bond acceptors (Lipinski definition) is 2. The summed E-state index contributed by atoms with van der Waals surface area (Å²) in [4.78, 5) is 12.0. The molecule has 1 unspecified atom stereocenters. The first-order chi connectivity index (χ1) is 9.15. The molecular weight excluding hydrogens is 236 g/mol. The van der Waals surface area contributed by atoms with Crippen molar-refractivity contribution >= 4 is 5.91 Å². The zero-order valence-corrected chi connectivity index (χ0v) is 11.9. The van der Waals surface area contributed by atoms with E-state index in [2.05, 4.69) is 41.8 Å². The van der Waals surface area contributed by atoms with Crippen molar-refractivity contribution < 1.29 is 4.79 Å². The van der Waals surface area contributed by atoms with Gasteiger partial charge in [0.1, 0.15) is 0 Å². The average molecular weight is 260 g/mol. The molecule has 1 amide bonds. The summed E-state index contributed by atoms with van der Waals surface area (Å²) in [6.45, 7) is 6.19. The minimum absolute atomic E-state index is 0.0876. The number of benzene rings is 1. The Hall–Kier alpha value is -1.35. The minimum atomic E-state index is 0.0876. The van der Waals surface area contributed by atoms with Crippen molar-refractivity contribution in [2.75, 3.05) is 13.1 Å². The quantitative estimate of drug-likeness (QED) is 0.873. The smallest absolute Gasteiger partial charge is 0.220 e. The predicted octanol–water partition coefficient (Wildman–Crippen LogP) is 2.56. The molecule has 0 radical (unpaired) electrons. The SMILES string of the molecule is Cc1ccc([C@H](C)NC(=O)CC2CCCNC2)cc1. The summed E-state index contributed by atoms with van der Waals surface area (Å²) < 4.78 is 0. The van der Waals surface area contributed by atoms with Gasteiger partial charge >= 0.3 is 0 Å². The van der Waals surface area contributed by atoms with Crippen LogP contribution >= 0.6 is 0 Å². The van der Waals surface area contributed by atoms with Gasteiger partial charge < -0.3 is 10.6 Å². The molecule has 1 aliphatic rings. The minimum Gasteiger partial charge on any atom is -0.350 e. The van der Waals surface area contributed by atoms with Crippen LogP contribution in [0.5, 0.6) is 0 Å². The summed E-state index contributed by atoms with van der Waals surface area (Å²) in [7, 11) is 0. The van der Waals surface area contributed by atoms with Crippen LogP contribution in [0, 0.1) is 12.8 Å². The predicted molar refractivity (Wildman–Crippen MR) is 77.9 cm³/mol. The Morgan fingerprint density at radius 2 is 2.16 bits per heavy atom. The Morgan fingerprint density at radius 1 is 1.42 bits per heavy atom. The standard InChI is InChI=1S/C16H24N2O/c1-12-5-7-15(8-6-12)13(2)18-16(19)10-14-4-3-9-17-11-14/h5-8,13-14,17H,3-4,9-11H2,1-2H3,(H,18,19)/t13-,14?/m0/s1. The van der Waals surface area contributed by atoms with Gasteiger partial charge in [-0.2, -0.15) is 0 Å².